The zero-order valence-corrected chi connectivity index (χ0v) is 8.78. The highest BCUT2D eigenvalue weighted by molar-refractivity contribution is 5.61. The molecule has 80 valence electrons. The van der Waals surface area contributed by atoms with Crippen molar-refractivity contribution in [2.24, 2.45) is 12.2 Å². The van der Waals surface area contributed by atoms with Crippen LogP contribution < -0.4 is 0 Å². The molecule has 2 rings (SSSR count). The second-order valence-electron chi connectivity index (χ2n) is 3.30. The number of pyridine rings is 1. The molecule has 0 unspecified atom stereocenters. The van der Waals surface area contributed by atoms with E-state index >= 15 is 0 Å². The maximum atomic E-state index is 8.32. The molecule has 16 heavy (non-hydrogen) atoms. The van der Waals surface area contributed by atoms with Gasteiger partial charge in [-0.25, -0.2) is 0 Å². The molecule has 0 aliphatic rings. The summed E-state index contributed by atoms with van der Waals surface area (Å²) in [6, 6.07) is 3.75. The van der Waals surface area contributed by atoms with Crippen LogP contribution in [-0.2, 0) is 13.6 Å². The van der Waals surface area contributed by atoms with Gasteiger partial charge in [0.2, 0.25) is 0 Å². The molecule has 0 N–H and O–H groups in total. The van der Waals surface area contributed by atoms with E-state index in [1.165, 1.54) is 0 Å². The topological polar surface area (TPSA) is 79.5 Å². The first-order valence-electron chi connectivity index (χ1n) is 4.75. The molecule has 6 heteroatoms. The number of aryl methyl sites for hydroxylation is 1. The fraction of sp³-hybridized carbons (Fsp3) is 0.200. The molecule has 0 amide bonds. The second kappa shape index (κ2) is 4.46. The van der Waals surface area contributed by atoms with Gasteiger partial charge in [-0.2, -0.15) is 5.10 Å². The second-order valence-corrected chi connectivity index (χ2v) is 3.30. The average Bonchev–Trinajstić information content (AvgIpc) is 2.69. The van der Waals surface area contributed by atoms with Crippen LogP contribution in [0.1, 0.15) is 5.56 Å². The van der Waals surface area contributed by atoms with Crippen LogP contribution in [0.3, 0.4) is 0 Å². The van der Waals surface area contributed by atoms with Crippen molar-refractivity contribution in [1.29, 1.82) is 0 Å². The number of rotatable bonds is 3. The van der Waals surface area contributed by atoms with Gasteiger partial charge in [-0.1, -0.05) is 5.11 Å². The minimum atomic E-state index is 0.308. The first-order chi connectivity index (χ1) is 7.81. The molecule has 2 aromatic rings. The van der Waals surface area contributed by atoms with Gasteiger partial charge < -0.3 is 0 Å². The number of hydrogen-bond acceptors (Lipinski definition) is 3. The first kappa shape index (κ1) is 10.2. The van der Waals surface area contributed by atoms with Crippen molar-refractivity contribution < 1.29 is 0 Å². The number of hydrogen-bond donors (Lipinski definition) is 0. The van der Waals surface area contributed by atoms with Gasteiger partial charge in [0, 0.05) is 41.7 Å². The number of aromatic nitrogens is 3. The molecule has 0 aliphatic heterocycles. The van der Waals surface area contributed by atoms with Gasteiger partial charge in [0.25, 0.3) is 0 Å². The van der Waals surface area contributed by atoms with Crippen molar-refractivity contribution in [3.05, 3.63) is 46.7 Å². The lowest BCUT2D eigenvalue weighted by atomic mass is 10.1. The molecule has 2 aromatic heterocycles. The Bertz CT molecular complexity index is 523. The normalized spacial score (nSPS) is 9.81. The van der Waals surface area contributed by atoms with E-state index in [1.807, 2.05) is 25.4 Å². The largest absolute Gasteiger partial charge is 0.275 e. The van der Waals surface area contributed by atoms with Gasteiger partial charge in [0.15, 0.2) is 0 Å². The van der Waals surface area contributed by atoms with E-state index < -0.39 is 0 Å². The Morgan fingerprint density at radius 2 is 2.19 bits per heavy atom. The SMILES string of the molecule is Cn1cc(CN=[N+]=[N-])c(-c2ccncc2)n1. The molecule has 0 fully saturated rings. The van der Waals surface area contributed by atoms with Crippen LogP contribution in [0.25, 0.3) is 21.7 Å². The van der Waals surface area contributed by atoms with E-state index in [4.69, 9.17) is 5.53 Å². The molecule has 0 spiro atoms. The van der Waals surface area contributed by atoms with E-state index in [9.17, 15) is 0 Å². The predicted octanol–water partition coefficient (Wildman–Crippen LogP) is 2.29. The highest BCUT2D eigenvalue weighted by Gasteiger charge is 2.08. The standard InChI is InChI=1S/C10H10N6/c1-16-7-9(6-13-15-11)10(14-16)8-2-4-12-5-3-8/h2-5,7H,6H2,1H3. The smallest absolute Gasteiger partial charge is 0.0957 e. The molecule has 0 aliphatic carbocycles. The first-order valence-corrected chi connectivity index (χ1v) is 4.75. The molecule has 0 atom stereocenters. The maximum Gasteiger partial charge on any atom is 0.0957 e. The van der Waals surface area contributed by atoms with Crippen LogP contribution in [0.4, 0.5) is 0 Å². The van der Waals surface area contributed by atoms with Gasteiger partial charge in [-0.3, -0.25) is 9.67 Å². The summed E-state index contributed by atoms with van der Waals surface area (Å²) in [5, 5.41) is 7.89. The number of nitrogens with zero attached hydrogens (tertiary/aromatic N) is 6. The third-order valence-electron chi connectivity index (χ3n) is 2.16. The summed E-state index contributed by atoms with van der Waals surface area (Å²) < 4.78 is 1.71. The molecule has 0 bridgehead atoms. The van der Waals surface area contributed by atoms with Gasteiger partial charge in [-0.05, 0) is 17.7 Å². The summed E-state index contributed by atoms with van der Waals surface area (Å²) in [6.45, 7) is 0.308. The predicted molar refractivity (Wildman–Crippen MR) is 59.3 cm³/mol. The van der Waals surface area contributed by atoms with Crippen molar-refractivity contribution in [1.82, 2.24) is 14.8 Å². The van der Waals surface area contributed by atoms with Crippen LogP contribution >= 0.6 is 0 Å². The van der Waals surface area contributed by atoms with E-state index in [0.29, 0.717) is 6.54 Å². The Kier molecular flexibility index (Phi) is 2.84. The minimum absolute atomic E-state index is 0.308. The van der Waals surface area contributed by atoms with Gasteiger partial charge in [0.1, 0.15) is 0 Å². The Balaban J connectivity index is 2.44. The van der Waals surface area contributed by atoms with E-state index in [1.54, 1.807) is 17.1 Å². The molecule has 6 nitrogen and oxygen atoms in total. The van der Waals surface area contributed by atoms with Gasteiger partial charge >= 0.3 is 0 Å². The zero-order chi connectivity index (χ0) is 11.4. The van der Waals surface area contributed by atoms with Crippen molar-refractivity contribution in [3.63, 3.8) is 0 Å². The van der Waals surface area contributed by atoms with Crippen molar-refractivity contribution in [2.75, 3.05) is 0 Å². The lowest BCUT2D eigenvalue weighted by Crippen LogP contribution is -1.88. The molecule has 0 saturated heterocycles. The molecular formula is C10H10N6. The fourth-order valence-electron chi connectivity index (χ4n) is 1.51. The molecular weight excluding hydrogens is 204 g/mol. The van der Waals surface area contributed by atoms with Crippen molar-refractivity contribution >= 4 is 0 Å². The van der Waals surface area contributed by atoms with Gasteiger partial charge in [0.05, 0.1) is 12.2 Å². The fourth-order valence-corrected chi connectivity index (χ4v) is 1.51. The Morgan fingerprint density at radius 3 is 2.88 bits per heavy atom. The quantitative estimate of drug-likeness (QED) is 0.446. The molecule has 2 heterocycles. The van der Waals surface area contributed by atoms with E-state index in [2.05, 4.69) is 20.1 Å². The highest BCUT2D eigenvalue weighted by Crippen LogP contribution is 2.21. The zero-order valence-electron chi connectivity index (χ0n) is 8.78. The number of azide groups is 1. The molecule has 0 aromatic carbocycles. The Morgan fingerprint density at radius 1 is 1.44 bits per heavy atom. The lowest BCUT2D eigenvalue weighted by Gasteiger charge is -1.97. The lowest BCUT2D eigenvalue weighted by molar-refractivity contribution is 0.769. The minimum Gasteiger partial charge on any atom is -0.275 e. The Labute approximate surface area is 92.2 Å². The van der Waals surface area contributed by atoms with Crippen LogP contribution in [0.5, 0.6) is 0 Å². The van der Waals surface area contributed by atoms with Crippen LogP contribution in [-0.4, -0.2) is 14.8 Å². The van der Waals surface area contributed by atoms with Crippen LogP contribution in [0.2, 0.25) is 0 Å². The van der Waals surface area contributed by atoms with E-state index in [-0.39, 0.29) is 0 Å². The van der Waals surface area contributed by atoms with Crippen LogP contribution in [0.15, 0.2) is 35.8 Å². The summed E-state index contributed by atoms with van der Waals surface area (Å²) >= 11 is 0. The average molecular weight is 214 g/mol. The summed E-state index contributed by atoms with van der Waals surface area (Å²) in [5.41, 5.74) is 11.0. The summed E-state index contributed by atoms with van der Waals surface area (Å²) in [5.74, 6) is 0. The monoisotopic (exact) mass is 214 g/mol. The highest BCUT2D eigenvalue weighted by atomic mass is 15.3. The summed E-state index contributed by atoms with van der Waals surface area (Å²) in [4.78, 5) is 6.70. The Hall–Kier alpha value is -2.33. The van der Waals surface area contributed by atoms with Crippen LogP contribution in [0, 0.1) is 0 Å². The summed E-state index contributed by atoms with van der Waals surface area (Å²) in [6.07, 6.45) is 5.27. The maximum absolute atomic E-state index is 8.32. The third kappa shape index (κ3) is 2.02. The van der Waals surface area contributed by atoms with E-state index in [0.717, 1.165) is 16.8 Å². The summed E-state index contributed by atoms with van der Waals surface area (Å²) in [7, 11) is 1.84. The third-order valence-corrected chi connectivity index (χ3v) is 2.16. The van der Waals surface area contributed by atoms with Crippen molar-refractivity contribution in [3.8, 4) is 11.3 Å². The molecule has 0 saturated carbocycles. The van der Waals surface area contributed by atoms with Gasteiger partial charge in [-0.15, -0.1) is 0 Å². The molecule has 0 radical (unpaired) electrons. The van der Waals surface area contributed by atoms with Crippen molar-refractivity contribution in [2.45, 2.75) is 6.54 Å².